The van der Waals surface area contributed by atoms with Crippen LogP contribution in [0, 0.1) is 0 Å². The lowest BCUT2D eigenvalue weighted by molar-refractivity contribution is 0.103. The second-order valence-electron chi connectivity index (χ2n) is 6.35. The first-order valence-corrected chi connectivity index (χ1v) is 8.81. The summed E-state index contributed by atoms with van der Waals surface area (Å²) in [6.45, 7) is 0.542. The fourth-order valence-electron chi connectivity index (χ4n) is 3.09. The maximum Gasteiger partial charge on any atom is 0.275 e. The molecule has 0 N–H and O–H groups in total. The van der Waals surface area contributed by atoms with E-state index in [4.69, 9.17) is 11.6 Å². The molecule has 4 aromatic rings. The molecule has 0 aliphatic carbocycles. The number of carbonyl (C=O) groups excluding carboxylic acids is 1. The number of halogens is 1. The van der Waals surface area contributed by atoms with Gasteiger partial charge < -0.3 is 4.57 Å². The first-order valence-electron chi connectivity index (χ1n) is 8.43. The average Bonchev–Trinajstić information content (AvgIpc) is 3.08. The van der Waals surface area contributed by atoms with E-state index in [0.29, 0.717) is 28.1 Å². The van der Waals surface area contributed by atoms with Gasteiger partial charge in [0.05, 0.1) is 17.1 Å². The van der Waals surface area contributed by atoms with Crippen LogP contribution in [0.15, 0.2) is 71.8 Å². The average molecular weight is 378 g/mol. The number of rotatable bonds is 4. The summed E-state index contributed by atoms with van der Waals surface area (Å²) in [5.74, 6) is -0.0542. The zero-order chi connectivity index (χ0) is 19.0. The van der Waals surface area contributed by atoms with E-state index in [1.54, 1.807) is 49.6 Å². The summed E-state index contributed by atoms with van der Waals surface area (Å²) in [6.07, 6.45) is 3.54. The fraction of sp³-hybridized carbons (Fsp3) is 0.0952. The van der Waals surface area contributed by atoms with Crippen molar-refractivity contribution in [3.8, 4) is 0 Å². The SMILES string of the molecule is Cn1ncc2c(ccn2Cc2cccc(C(=O)c3ccc(Cl)cc3)c2)c1=O. The Morgan fingerprint density at radius 2 is 1.85 bits per heavy atom. The van der Waals surface area contributed by atoms with Crippen LogP contribution in [0.3, 0.4) is 0 Å². The second kappa shape index (κ2) is 6.85. The van der Waals surface area contributed by atoms with Crippen molar-refractivity contribution < 1.29 is 4.79 Å². The third-order valence-electron chi connectivity index (χ3n) is 4.53. The predicted molar refractivity (Wildman–Crippen MR) is 105 cm³/mol. The van der Waals surface area contributed by atoms with Gasteiger partial charge in [0, 0.05) is 35.9 Å². The van der Waals surface area contributed by atoms with Crippen LogP contribution in [0.4, 0.5) is 0 Å². The second-order valence-corrected chi connectivity index (χ2v) is 6.79. The molecule has 0 bridgehead atoms. The van der Waals surface area contributed by atoms with Gasteiger partial charge in [0.1, 0.15) is 0 Å². The Bertz CT molecular complexity index is 1210. The van der Waals surface area contributed by atoms with E-state index in [2.05, 4.69) is 5.10 Å². The maximum atomic E-state index is 12.7. The Kier molecular flexibility index (Phi) is 4.38. The number of ketones is 1. The van der Waals surface area contributed by atoms with E-state index in [1.807, 2.05) is 29.0 Å². The topological polar surface area (TPSA) is 56.9 Å². The minimum absolute atomic E-state index is 0.0542. The number of aromatic nitrogens is 3. The van der Waals surface area contributed by atoms with Crippen LogP contribution < -0.4 is 5.56 Å². The molecule has 0 saturated heterocycles. The third kappa shape index (κ3) is 3.29. The van der Waals surface area contributed by atoms with Crippen molar-refractivity contribution in [3.05, 3.63) is 99.1 Å². The summed E-state index contributed by atoms with van der Waals surface area (Å²) in [4.78, 5) is 24.9. The number of fused-ring (bicyclic) bond motifs is 1. The van der Waals surface area contributed by atoms with Gasteiger partial charge in [-0.1, -0.05) is 29.8 Å². The fourth-order valence-corrected chi connectivity index (χ4v) is 3.22. The van der Waals surface area contributed by atoms with Gasteiger partial charge in [0.15, 0.2) is 5.78 Å². The van der Waals surface area contributed by atoms with Gasteiger partial charge in [-0.2, -0.15) is 5.10 Å². The molecular weight excluding hydrogens is 362 g/mol. The van der Waals surface area contributed by atoms with Crippen LogP contribution in [-0.2, 0) is 13.6 Å². The van der Waals surface area contributed by atoms with Crippen LogP contribution in [0.25, 0.3) is 10.9 Å². The van der Waals surface area contributed by atoms with Gasteiger partial charge in [-0.05, 0) is 42.0 Å². The zero-order valence-electron chi connectivity index (χ0n) is 14.6. The number of carbonyl (C=O) groups is 1. The summed E-state index contributed by atoms with van der Waals surface area (Å²) < 4.78 is 3.27. The monoisotopic (exact) mass is 377 g/mol. The number of hydrogen-bond donors (Lipinski definition) is 0. The van der Waals surface area contributed by atoms with Crippen molar-refractivity contribution in [2.24, 2.45) is 7.05 Å². The maximum absolute atomic E-state index is 12.7. The molecule has 0 spiro atoms. The van der Waals surface area contributed by atoms with Crippen molar-refractivity contribution in [2.45, 2.75) is 6.54 Å². The van der Waals surface area contributed by atoms with Crippen molar-refractivity contribution in [2.75, 3.05) is 0 Å². The van der Waals surface area contributed by atoms with E-state index >= 15 is 0 Å². The molecule has 6 heteroatoms. The molecule has 0 radical (unpaired) electrons. The van der Waals surface area contributed by atoms with Gasteiger partial charge >= 0.3 is 0 Å². The van der Waals surface area contributed by atoms with Crippen molar-refractivity contribution in [3.63, 3.8) is 0 Å². The smallest absolute Gasteiger partial charge is 0.275 e. The lowest BCUT2D eigenvalue weighted by Gasteiger charge is -2.08. The van der Waals surface area contributed by atoms with Gasteiger partial charge in [-0.15, -0.1) is 0 Å². The highest BCUT2D eigenvalue weighted by Crippen LogP contribution is 2.17. The Hall–Kier alpha value is -3.18. The van der Waals surface area contributed by atoms with E-state index in [1.165, 1.54) is 4.68 Å². The molecule has 4 rings (SSSR count). The Morgan fingerprint density at radius 3 is 2.63 bits per heavy atom. The molecule has 2 aromatic carbocycles. The minimum atomic E-state index is -0.127. The van der Waals surface area contributed by atoms with Gasteiger partial charge in [0.25, 0.3) is 5.56 Å². The zero-order valence-corrected chi connectivity index (χ0v) is 15.3. The Morgan fingerprint density at radius 1 is 1.07 bits per heavy atom. The number of aryl methyl sites for hydroxylation is 1. The van der Waals surface area contributed by atoms with Crippen LogP contribution in [0.1, 0.15) is 21.5 Å². The predicted octanol–water partition coefficient (Wildman–Crippen LogP) is 3.67. The first kappa shape index (κ1) is 17.2. The summed E-state index contributed by atoms with van der Waals surface area (Å²) in [5.41, 5.74) is 2.81. The van der Waals surface area contributed by atoms with E-state index in [-0.39, 0.29) is 11.3 Å². The quantitative estimate of drug-likeness (QED) is 0.510. The lowest BCUT2D eigenvalue weighted by atomic mass is 10.0. The van der Waals surface area contributed by atoms with Crippen LogP contribution in [0.5, 0.6) is 0 Å². The van der Waals surface area contributed by atoms with Gasteiger partial charge in [-0.3, -0.25) is 9.59 Å². The number of benzene rings is 2. The highest BCUT2D eigenvalue weighted by molar-refractivity contribution is 6.30. The number of hydrogen-bond acceptors (Lipinski definition) is 3. The third-order valence-corrected chi connectivity index (χ3v) is 4.78. The Labute approximate surface area is 160 Å². The molecule has 2 aromatic heterocycles. The molecule has 0 fully saturated rings. The molecular formula is C21H16ClN3O2. The summed E-state index contributed by atoms with van der Waals surface area (Å²) in [6, 6.07) is 16.1. The highest BCUT2D eigenvalue weighted by atomic mass is 35.5. The molecule has 0 saturated carbocycles. The van der Waals surface area contributed by atoms with Crippen molar-refractivity contribution in [1.82, 2.24) is 14.3 Å². The van der Waals surface area contributed by atoms with Crippen LogP contribution >= 0.6 is 11.6 Å². The summed E-state index contributed by atoms with van der Waals surface area (Å²) in [5, 5.41) is 5.31. The lowest BCUT2D eigenvalue weighted by Crippen LogP contribution is -2.18. The highest BCUT2D eigenvalue weighted by Gasteiger charge is 2.11. The molecule has 0 aliphatic rings. The van der Waals surface area contributed by atoms with E-state index in [9.17, 15) is 9.59 Å². The van der Waals surface area contributed by atoms with E-state index in [0.717, 1.165) is 11.1 Å². The first-order chi connectivity index (χ1) is 13.0. The van der Waals surface area contributed by atoms with Crippen molar-refractivity contribution >= 4 is 28.3 Å². The largest absolute Gasteiger partial charge is 0.342 e. The molecule has 134 valence electrons. The number of nitrogens with zero attached hydrogens (tertiary/aromatic N) is 3. The van der Waals surface area contributed by atoms with Crippen LogP contribution in [0.2, 0.25) is 5.02 Å². The summed E-state index contributed by atoms with van der Waals surface area (Å²) in [7, 11) is 1.63. The molecule has 5 nitrogen and oxygen atoms in total. The minimum Gasteiger partial charge on any atom is -0.342 e. The molecule has 27 heavy (non-hydrogen) atoms. The molecule has 0 aliphatic heterocycles. The molecule has 0 unspecified atom stereocenters. The molecule has 0 atom stereocenters. The standard InChI is InChI=1S/C21H16ClN3O2/c1-24-21(27)18-9-10-25(19(18)12-23-24)13-14-3-2-4-16(11-14)20(26)15-5-7-17(22)8-6-15/h2-12H,13H2,1H3. The molecule has 0 amide bonds. The normalized spacial score (nSPS) is 11.0. The van der Waals surface area contributed by atoms with Crippen LogP contribution in [-0.4, -0.2) is 20.1 Å². The van der Waals surface area contributed by atoms with Gasteiger partial charge in [-0.25, -0.2) is 4.68 Å². The molecule has 2 heterocycles. The van der Waals surface area contributed by atoms with E-state index < -0.39 is 0 Å². The summed E-state index contributed by atoms with van der Waals surface area (Å²) >= 11 is 5.89. The van der Waals surface area contributed by atoms with Crippen molar-refractivity contribution in [1.29, 1.82) is 0 Å². The van der Waals surface area contributed by atoms with Gasteiger partial charge in [0.2, 0.25) is 0 Å². The Balaban J connectivity index is 1.65.